The Labute approximate surface area is 181 Å². The number of benzene rings is 1. The minimum absolute atomic E-state index is 0.00795. The number of aromatic nitrogens is 1. The van der Waals surface area contributed by atoms with Crippen molar-refractivity contribution in [2.45, 2.75) is 52.6 Å². The van der Waals surface area contributed by atoms with E-state index in [0.717, 1.165) is 30.5 Å². The van der Waals surface area contributed by atoms with Crippen molar-refractivity contribution in [2.75, 3.05) is 13.1 Å². The fraction of sp³-hybridized carbons (Fsp3) is 0.440. The Morgan fingerprint density at radius 2 is 1.83 bits per heavy atom. The van der Waals surface area contributed by atoms with Crippen LogP contribution in [0.5, 0.6) is 0 Å². The second-order valence-corrected chi connectivity index (χ2v) is 7.75. The lowest BCUT2D eigenvalue weighted by atomic mass is 10.1. The molecule has 0 bridgehead atoms. The van der Waals surface area contributed by atoms with Crippen LogP contribution in [0.15, 0.2) is 54.7 Å². The van der Waals surface area contributed by atoms with Gasteiger partial charge in [0.15, 0.2) is 0 Å². The lowest BCUT2D eigenvalue weighted by molar-refractivity contribution is -0.140. The van der Waals surface area contributed by atoms with Gasteiger partial charge in [0.05, 0.1) is 6.54 Å². The largest absolute Gasteiger partial charge is 0.353 e. The first kappa shape index (κ1) is 23.5. The molecule has 5 nitrogen and oxygen atoms in total. The highest BCUT2D eigenvalue weighted by molar-refractivity contribution is 5.94. The summed E-state index contributed by atoms with van der Waals surface area (Å²) in [5.41, 5.74) is 2.06. The summed E-state index contributed by atoms with van der Waals surface area (Å²) in [6.07, 6.45) is 8.13. The van der Waals surface area contributed by atoms with Crippen LogP contribution in [0.3, 0.4) is 0 Å². The maximum Gasteiger partial charge on any atom is 0.247 e. The van der Waals surface area contributed by atoms with Crippen LogP contribution in [0.4, 0.5) is 0 Å². The first-order chi connectivity index (χ1) is 14.5. The summed E-state index contributed by atoms with van der Waals surface area (Å²) in [6, 6.07) is 13.7. The minimum atomic E-state index is -0.129. The molecule has 1 atom stereocenters. The molecule has 0 N–H and O–H groups in total. The standard InChI is InChI=1S/C25H35N3O2/c1-5-7-18-27(19-23-14-11-17-26(23)4)25(30)20-28(21(3)6-2)24(29)16-15-22-12-9-8-10-13-22/h8-17,21H,5-7,18-20H2,1-4H3/b16-15+. The van der Waals surface area contributed by atoms with E-state index < -0.39 is 0 Å². The summed E-state index contributed by atoms with van der Waals surface area (Å²) in [5, 5.41) is 0. The van der Waals surface area contributed by atoms with Crippen LogP contribution in [0.25, 0.3) is 6.08 Å². The lowest BCUT2D eigenvalue weighted by Gasteiger charge is -2.30. The van der Waals surface area contributed by atoms with Gasteiger partial charge in [0.2, 0.25) is 11.8 Å². The number of aryl methyl sites for hydroxylation is 1. The summed E-state index contributed by atoms with van der Waals surface area (Å²) in [7, 11) is 1.99. The Kier molecular flexibility index (Phi) is 9.39. The van der Waals surface area contributed by atoms with Gasteiger partial charge >= 0.3 is 0 Å². The summed E-state index contributed by atoms with van der Waals surface area (Å²) in [5.74, 6) is -0.137. The molecule has 2 rings (SSSR count). The topological polar surface area (TPSA) is 45.6 Å². The highest BCUT2D eigenvalue weighted by Crippen LogP contribution is 2.11. The number of nitrogens with zero attached hydrogens (tertiary/aromatic N) is 3. The minimum Gasteiger partial charge on any atom is -0.353 e. The van der Waals surface area contributed by atoms with Crippen molar-refractivity contribution in [1.82, 2.24) is 14.4 Å². The van der Waals surface area contributed by atoms with Crippen LogP contribution in [-0.4, -0.2) is 45.3 Å². The van der Waals surface area contributed by atoms with Gasteiger partial charge in [-0.05, 0) is 43.5 Å². The lowest BCUT2D eigenvalue weighted by Crippen LogP contribution is -2.46. The quantitative estimate of drug-likeness (QED) is 0.513. The van der Waals surface area contributed by atoms with Crippen molar-refractivity contribution < 1.29 is 9.59 Å². The van der Waals surface area contributed by atoms with Gasteiger partial charge in [-0.15, -0.1) is 0 Å². The van der Waals surface area contributed by atoms with E-state index in [-0.39, 0.29) is 24.4 Å². The Morgan fingerprint density at radius 1 is 1.10 bits per heavy atom. The molecular formula is C25H35N3O2. The molecular weight excluding hydrogens is 374 g/mol. The van der Waals surface area contributed by atoms with Gasteiger partial charge in [-0.25, -0.2) is 0 Å². The van der Waals surface area contributed by atoms with Gasteiger partial charge < -0.3 is 14.4 Å². The van der Waals surface area contributed by atoms with E-state index in [2.05, 4.69) is 6.92 Å². The average molecular weight is 410 g/mol. The molecule has 0 radical (unpaired) electrons. The summed E-state index contributed by atoms with van der Waals surface area (Å²) < 4.78 is 2.03. The van der Waals surface area contributed by atoms with Crippen LogP contribution in [0.2, 0.25) is 0 Å². The molecule has 0 saturated heterocycles. The number of carbonyl (C=O) groups excluding carboxylic acids is 2. The van der Waals surface area contributed by atoms with Crippen LogP contribution < -0.4 is 0 Å². The highest BCUT2D eigenvalue weighted by Gasteiger charge is 2.23. The van der Waals surface area contributed by atoms with E-state index in [4.69, 9.17) is 0 Å². The van der Waals surface area contributed by atoms with E-state index in [1.807, 2.05) is 79.0 Å². The van der Waals surface area contributed by atoms with E-state index in [9.17, 15) is 9.59 Å². The highest BCUT2D eigenvalue weighted by atomic mass is 16.2. The number of rotatable bonds is 11. The zero-order valence-electron chi connectivity index (χ0n) is 18.8. The smallest absolute Gasteiger partial charge is 0.247 e. The van der Waals surface area contributed by atoms with Crippen molar-refractivity contribution >= 4 is 17.9 Å². The van der Waals surface area contributed by atoms with Crippen LogP contribution in [0, 0.1) is 0 Å². The van der Waals surface area contributed by atoms with Crippen molar-refractivity contribution in [2.24, 2.45) is 7.05 Å². The predicted molar refractivity (Wildman–Crippen MR) is 123 cm³/mol. The number of carbonyl (C=O) groups is 2. The average Bonchev–Trinajstić information content (AvgIpc) is 3.17. The third-order valence-electron chi connectivity index (χ3n) is 5.47. The normalized spacial score (nSPS) is 12.1. The molecule has 0 fully saturated rings. The maximum atomic E-state index is 13.2. The SMILES string of the molecule is CCCCN(Cc1cccn1C)C(=O)CN(C(=O)/C=C/c1ccccc1)C(C)CC. The van der Waals surface area contributed by atoms with E-state index >= 15 is 0 Å². The fourth-order valence-electron chi connectivity index (χ4n) is 3.24. The summed E-state index contributed by atoms with van der Waals surface area (Å²) in [6.45, 7) is 7.51. The number of hydrogen-bond donors (Lipinski definition) is 0. The van der Waals surface area contributed by atoms with Gasteiger partial charge in [0.25, 0.3) is 0 Å². The number of amides is 2. The molecule has 0 aliphatic rings. The second-order valence-electron chi connectivity index (χ2n) is 7.75. The Morgan fingerprint density at radius 3 is 2.43 bits per heavy atom. The molecule has 1 aromatic heterocycles. The Balaban J connectivity index is 2.13. The van der Waals surface area contributed by atoms with Gasteiger partial charge in [-0.2, -0.15) is 0 Å². The molecule has 0 saturated carbocycles. The second kappa shape index (κ2) is 12.0. The van der Waals surface area contributed by atoms with Crippen molar-refractivity contribution in [3.8, 4) is 0 Å². The van der Waals surface area contributed by atoms with Crippen LogP contribution in [-0.2, 0) is 23.2 Å². The number of hydrogen-bond acceptors (Lipinski definition) is 2. The molecule has 30 heavy (non-hydrogen) atoms. The molecule has 2 amide bonds. The first-order valence-corrected chi connectivity index (χ1v) is 10.9. The van der Waals surface area contributed by atoms with Crippen LogP contribution >= 0.6 is 0 Å². The monoisotopic (exact) mass is 409 g/mol. The third-order valence-corrected chi connectivity index (χ3v) is 5.47. The molecule has 0 aliphatic carbocycles. The van der Waals surface area contributed by atoms with Gasteiger partial charge in [-0.1, -0.05) is 50.6 Å². The van der Waals surface area contributed by atoms with Crippen molar-refractivity contribution in [3.63, 3.8) is 0 Å². The summed E-state index contributed by atoms with van der Waals surface area (Å²) in [4.78, 5) is 29.7. The summed E-state index contributed by atoms with van der Waals surface area (Å²) >= 11 is 0. The molecule has 162 valence electrons. The van der Waals surface area contributed by atoms with E-state index in [1.165, 1.54) is 0 Å². The third kappa shape index (κ3) is 6.90. The van der Waals surface area contributed by atoms with Gasteiger partial charge in [-0.3, -0.25) is 9.59 Å². The predicted octanol–water partition coefficient (Wildman–Crippen LogP) is 4.49. The fourth-order valence-corrected chi connectivity index (χ4v) is 3.24. The molecule has 1 unspecified atom stereocenters. The molecule has 1 aromatic carbocycles. The number of unbranched alkanes of at least 4 members (excludes halogenated alkanes) is 1. The van der Waals surface area contributed by atoms with Gasteiger partial charge in [0, 0.05) is 37.6 Å². The zero-order valence-corrected chi connectivity index (χ0v) is 18.8. The molecule has 5 heteroatoms. The van der Waals surface area contributed by atoms with Crippen LogP contribution in [0.1, 0.15) is 51.3 Å². The molecule has 1 heterocycles. The van der Waals surface area contributed by atoms with Crippen molar-refractivity contribution in [3.05, 3.63) is 66.0 Å². The maximum absolute atomic E-state index is 13.2. The van der Waals surface area contributed by atoms with E-state index in [1.54, 1.807) is 17.1 Å². The zero-order chi connectivity index (χ0) is 21.9. The van der Waals surface area contributed by atoms with E-state index in [0.29, 0.717) is 13.1 Å². The van der Waals surface area contributed by atoms with Gasteiger partial charge in [0.1, 0.15) is 6.54 Å². The Hall–Kier alpha value is -2.82. The molecule has 0 aliphatic heterocycles. The Bertz CT molecular complexity index is 826. The molecule has 2 aromatic rings. The van der Waals surface area contributed by atoms with Crippen molar-refractivity contribution in [1.29, 1.82) is 0 Å². The first-order valence-electron chi connectivity index (χ1n) is 10.9. The molecule has 0 spiro atoms.